The van der Waals surface area contributed by atoms with Gasteiger partial charge in [0.2, 0.25) is 0 Å². The minimum atomic E-state index is 1.10. The molecule has 5 rings (SSSR count). The largest absolute Gasteiger partial charge is 0.0683 e. The lowest BCUT2D eigenvalue weighted by molar-refractivity contribution is 1.21. The molecule has 0 saturated heterocycles. The van der Waals surface area contributed by atoms with Crippen molar-refractivity contribution in [3.63, 3.8) is 0 Å². The van der Waals surface area contributed by atoms with Gasteiger partial charge in [0.15, 0.2) is 0 Å². The summed E-state index contributed by atoms with van der Waals surface area (Å²) in [5.74, 6) is 0. The number of fused-ring (bicyclic) bond motifs is 7. The van der Waals surface area contributed by atoms with E-state index in [2.05, 4.69) is 62.4 Å². The zero-order chi connectivity index (χ0) is 14.8. The van der Waals surface area contributed by atoms with E-state index >= 15 is 0 Å². The molecule has 0 spiro atoms. The fourth-order valence-electron chi connectivity index (χ4n) is 4.24. The van der Waals surface area contributed by atoms with Crippen molar-refractivity contribution >= 4 is 33.7 Å². The molecule has 0 aliphatic heterocycles. The van der Waals surface area contributed by atoms with E-state index < -0.39 is 0 Å². The van der Waals surface area contributed by atoms with Crippen LogP contribution in [-0.4, -0.2) is 0 Å². The van der Waals surface area contributed by atoms with Gasteiger partial charge in [-0.15, -0.1) is 0 Å². The molecule has 0 atom stereocenters. The molecule has 0 heteroatoms. The van der Waals surface area contributed by atoms with E-state index in [0.29, 0.717) is 0 Å². The van der Waals surface area contributed by atoms with Gasteiger partial charge in [0.1, 0.15) is 0 Å². The molecule has 0 aromatic heterocycles. The van der Waals surface area contributed by atoms with Crippen LogP contribution in [0.2, 0.25) is 0 Å². The van der Waals surface area contributed by atoms with Crippen molar-refractivity contribution in [3.8, 4) is 0 Å². The Morgan fingerprint density at radius 2 is 0.955 bits per heavy atom. The van der Waals surface area contributed by atoms with E-state index in [1.165, 1.54) is 54.9 Å². The fraction of sp³-hybridized carbons (Fsp3) is 0.182. The molecule has 0 saturated carbocycles. The normalized spacial score (nSPS) is 15.9. The molecule has 22 heavy (non-hydrogen) atoms. The summed E-state index contributed by atoms with van der Waals surface area (Å²) < 4.78 is 0. The summed E-state index contributed by atoms with van der Waals surface area (Å²) in [5, 5.41) is 5.68. The van der Waals surface area contributed by atoms with Gasteiger partial charge in [0.05, 0.1) is 0 Å². The Morgan fingerprint density at radius 3 is 1.41 bits per heavy atom. The van der Waals surface area contributed by atoms with Crippen LogP contribution in [0.15, 0.2) is 47.5 Å². The Hall–Kier alpha value is -2.34. The second-order valence-corrected chi connectivity index (χ2v) is 6.86. The van der Waals surface area contributed by atoms with Crippen molar-refractivity contribution < 1.29 is 0 Å². The van der Waals surface area contributed by atoms with Crippen molar-refractivity contribution in [2.24, 2.45) is 0 Å². The molecule has 0 radical (unpaired) electrons. The van der Waals surface area contributed by atoms with Gasteiger partial charge < -0.3 is 0 Å². The summed E-state index contributed by atoms with van der Waals surface area (Å²) in [6, 6.07) is 13.9. The zero-order valence-electron chi connectivity index (χ0n) is 13.0. The smallest absolute Gasteiger partial charge is 0.00544 e. The summed E-state index contributed by atoms with van der Waals surface area (Å²) in [7, 11) is 0. The molecular formula is C22H18. The molecular weight excluding hydrogens is 264 g/mol. The molecule has 0 N–H and O–H groups in total. The standard InChI is InChI=1S/C22H18/c1-13-9-15-3-5-17-18-6-4-16-10-14(2)12-22(16)20(18)8-7-19(17)21(15)11-13/h3-10H,11-12H2,1-2H3. The van der Waals surface area contributed by atoms with Crippen molar-refractivity contribution in [3.05, 3.63) is 69.8 Å². The van der Waals surface area contributed by atoms with E-state index in [9.17, 15) is 0 Å². The third-order valence-corrected chi connectivity index (χ3v) is 5.21. The molecule has 2 aliphatic rings. The fourth-order valence-corrected chi connectivity index (χ4v) is 4.24. The lowest BCUT2D eigenvalue weighted by Crippen LogP contribution is -1.90. The summed E-state index contributed by atoms with van der Waals surface area (Å²) in [4.78, 5) is 0. The molecule has 0 amide bonds. The zero-order valence-corrected chi connectivity index (χ0v) is 13.0. The third kappa shape index (κ3) is 1.53. The summed E-state index contributed by atoms with van der Waals surface area (Å²) in [6.45, 7) is 4.46. The van der Waals surface area contributed by atoms with Gasteiger partial charge in [0, 0.05) is 0 Å². The first kappa shape index (κ1) is 12.2. The summed E-state index contributed by atoms with van der Waals surface area (Å²) in [6.07, 6.45) is 6.86. The van der Waals surface area contributed by atoms with Crippen LogP contribution in [0.5, 0.6) is 0 Å². The molecule has 106 valence electrons. The average molecular weight is 282 g/mol. The van der Waals surface area contributed by atoms with Crippen LogP contribution in [-0.2, 0) is 12.8 Å². The highest BCUT2D eigenvalue weighted by Gasteiger charge is 2.17. The Bertz CT molecular complexity index is 944. The first-order chi connectivity index (χ1) is 10.7. The number of rotatable bonds is 0. The molecule has 0 heterocycles. The predicted molar refractivity (Wildman–Crippen MR) is 96.2 cm³/mol. The Kier molecular flexibility index (Phi) is 2.28. The summed E-state index contributed by atoms with van der Waals surface area (Å²) >= 11 is 0. The molecule has 0 bridgehead atoms. The van der Waals surface area contributed by atoms with Crippen molar-refractivity contribution in [1.82, 2.24) is 0 Å². The maximum absolute atomic E-state index is 2.34. The third-order valence-electron chi connectivity index (χ3n) is 5.21. The highest BCUT2D eigenvalue weighted by Crippen LogP contribution is 2.38. The molecule has 3 aromatic rings. The van der Waals surface area contributed by atoms with Gasteiger partial charge in [-0.3, -0.25) is 0 Å². The highest BCUT2D eigenvalue weighted by atomic mass is 14.2. The quantitative estimate of drug-likeness (QED) is 0.449. The van der Waals surface area contributed by atoms with E-state index in [1.54, 1.807) is 0 Å². The molecule has 0 unspecified atom stereocenters. The lowest BCUT2D eigenvalue weighted by Gasteiger charge is -2.12. The molecule has 3 aromatic carbocycles. The van der Waals surface area contributed by atoms with Crippen molar-refractivity contribution in [2.75, 3.05) is 0 Å². The second-order valence-electron chi connectivity index (χ2n) is 6.86. The monoisotopic (exact) mass is 282 g/mol. The van der Waals surface area contributed by atoms with Gasteiger partial charge in [-0.25, -0.2) is 0 Å². The van der Waals surface area contributed by atoms with Gasteiger partial charge in [0.25, 0.3) is 0 Å². The average Bonchev–Trinajstić information content (AvgIpc) is 3.07. The van der Waals surface area contributed by atoms with Crippen LogP contribution in [0, 0.1) is 0 Å². The highest BCUT2D eigenvalue weighted by molar-refractivity contribution is 6.11. The predicted octanol–water partition coefficient (Wildman–Crippen LogP) is 5.91. The topological polar surface area (TPSA) is 0 Å². The van der Waals surface area contributed by atoms with Crippen LogP contribution < -0.4 is 0 Å². The first-order valence-electron chi connectivity index (χ1n) is 8.05. The number of allylic oxidation sites excluding steroid dienone is 2. The van der Waals surface area contributed by atoms with Crippen LogP contribution >= 0.6 is 0 Å². The van der Waals surface area contributed by atoms with Gasteiger partial charge >= 0.3 is 0 Å². The lowest BCUT2D eigenvalue weighted by atomic mass is 9.92. The maximum Gasteiger partial charge on any atom is -0.00544 e. The first-order valence-corrected chi connectivity index (χ1v) is 8.05. The Balaban J connectivity index is 1.86. The molecule has 0 fully saturated rings. The minimum absolute atomic E-state index is 1.10. The Labute approximate surface area is 130 Å². The number of hydrogen-bond acceptors (Lipinski definition) is 0. The van der Waals surface area contributed by atoms with E-state index in [4.69, 9.17) is 0 Å². The van der Waals surface area contributed by atoms with Crippen LogP contribution in [0.25, 0.3) is 33.7 Å². The van der Waals surface area contributed by atoms with E-state index in [1.807, 2.05) is 0 Å². The van der Waals surface area contributed by atoms with Crippen LogP contribution in [0.4, 0.5) is 0 Å². The Morgan fingerprint density at radius 1 is 0.545 bits per heavy atom. The molecule has 0 nitrogen and oxygen atoms in total. The van der Waals surface area contributed by atoms with Crippen molar-refractivity contribution in [2.45, 2.75) is 26.7 Å². The minimum Gasteiger partial charge on any atom is -0.0683 e. The number of benzene rings is 3. The van der Waals surface area contributed by atoms with Gasteiger partial charge in [-0.05, 0) is 70.5 Å². The second kappa shape index (κ2) is 4.10. The van der Waals surface area contributed by atoms with Crippen LogP contribution in [0.3, 0.4) is 0 Å². The summed E-state index contributed by atoms with van der Waals surface area (Å²) in [5.41, 5.74) is 8.76. The van der Waals surface area contributed by atoms with Crippen molar-refractivity contribution in [1.29, 1.82) is 0 Å². The molecule has 2 aliphatic carbocycles. The van der Waals surface area contributed by atoms with E-state index in [0.717, 1.165) is 12.8 Å². The van der Waals surface area contributed by atoms with Crippen LogP contribution in [0.1, 0.15) is 36.1 Å². The number of hydrogen-bond donors (Lipinski definition) is 0. The SMILES string of the molecule is CC1=Cc2ccc3c(ccc4c5c(ccc43)C=C(C)C5)c2C1. The maximum atomic E-state index is 2.34. The van der Waals surface area contributed by atoms with Gasteiger partial charge in [-0.2, -0.15) is 0 Å². The van der Waals surface area contributed by atoms with E-state index in [-0.39, 0.29) is 0 Å². The van der Waals surface area contributed by atoms with Gasteiger partial charge in [-0.1, -0.05) is 59.7 Å².